The van der Waals surface area contributed by atoms with Gasteiger partial charge in [-0.3, -0.25) is 5.32 Å². The zero-order valence-corrected chi connectivity index (χ0v) is 16.4. The molecule has 0 saturated heterocycles. The highest BCUT2D eigenvalue weighted by Crippen LogP contribution is 2.23. The summed E-state index contributed by atoms with van der Waals surface area (Å²) in [6.45, 7) is 5.59. The molecule has 1 N–H and O–H groups in total. The van der Waals surface area contributed by atoms with E-state index in [0.29, 0.717) is 22.2 Å². The lowest BCUT2D eigenvalue weighted by Crippen LogP contribution is -2.13. The van der Waals surface area contributed by atoms with E-state index in [-0.39, 0.29) is 18.8 Å². The van der Waals surface area contributed by atoms with Crippen LogP contribution in [0, 0.1) is 13.8 Å². The minimum Gasteiger partial charge on any atom is -0.457 e. The molecule has 0 bridgehead atoms. The van der Waals surface area contributed by atoms with Gasteiger partial charge in [-0.15, -0.1) is 0 Å². The van der Waals surface area contributed by atoms with E-state index in [1.165, 1.54) is 12.1 Å². The monoisotopic (exact) mass is 395 g/mol. The van der Waals surface area contributed by atoms with Crippen LogP contribution in [-0.4, -0.2) is 18.7 Å². The van der Waals surface area contributed by atoms with Gasteiger partial charge in [0.1, 0.15) is 12.2 Å². The quantitative estimate of drug-likeness (QED) is 0.510. The molecule has 7 heteroatoms. The van der Waals surface area contributed by atoms with E-state index < -0.39 is 17.7 Å². The van der Waals surface area contributed by atoms with E-state index in [9.17, 15) is 14.4 Å². The van der Waals surface area contributed by atoms with Gasteiger partial charge in [-0.1, -0.05) is 17.7 Å². The molecule has 0 aliphatic heterocycles. The molecule has 2 aromatic carbocycles. The van der Waals surface area contributed by atoms with E-state index in [4.69, 9.17) is 13.9 Å². The van der Waals surface area contributed by atoms with E-state index in [2.05, 4.69) is 5.32 Å². The molecule has 3 aromatic rings. The summed E-state index contributed by atoms with van der Waals surface area (Å²) in [5.74, 6) is -0.465. The molecule has 150 valence electrons. The molecule has 1 heterocycles. The number of aryl methyl sites for hydroxylation is 2. The van der Waals surface area contributed by atoms with Gasteiger partial charge < -0.3 is 13.9 Å². The Morgan fingerprint density at radius 1 is 1.03 bits per heavy atom. The fourth-order valence-corrected chi connectivity index (χ4v) is 2.89. The molecule has 29 heavy (non-hydrogen) atoms. The molecule has 7 nitrogen and oxygen atoms in total. The fourth-order valence-electron chi connectivity index (χ4n) is 2.89. The van der Waals surface area contributed by atoms with Crippen molar-refractivity contribution in [1.29, 1.82) is 0 Å². The van der Waals surface area contributed by atoms with Crippen LogP contribution in [0.5, 0.6) is 0 Å². The van der Waals surface area contributed by atoms with Crippen molar-refractivity contribution in [2.75, 3.05) is 11.9 Å². The van der Waals surface area contributed by atoms with E-state index >= 15 is 0 Å². The number of amides is 1. The van der Waals surface area contributed by atoms with Crippen LogP contribution in [-0.2, 0) is 16.1 Å². The number of carbonyl (C=O) groups is 2. The second-order valence-corrected chi connectivity index (χ2v) is 6.54. The summed E-state index contributed by atoms with van der Waals surface area (Å²) in [6.07, 6.45) is -0.604. The van der Waals surface area contributed by atoms with Gasteiger partial charge in [0.05, 0.1) is 12.2 Å². The number of hydrogen-bond donors (Lipinski definition) is 1. The molecular weight excluding hydrogens is 374 g/mol. The Hall–Kier alpha value is -3.61. The molecule has 0 radical (unpaired) electrons. The SMILES string of the molecule is CCOC(=O)Nc1ccc2c(COC(=O)c3cc(C)ccc3C)cc(=O)oc2c1. The standard InChI is InChI=1S/C22H21NO6/c1-4-27-22(26)23-16-7-8-17-15(10-20(24)29-19(17)11-16)12-28-21(25)18-9-13(2)5-6-14(18)3/h5-11H,4,12H2,1-3H3,(H,23,26). The third kappa shape index (κ3) is 4.82. The molecule has 0 aliphatic rings. The second kappa shape index (κ2) is 8.60. The lowest BCUT2D eigenvalue weighted by Gasteiger charge is -2.10. The Morgan fingerprint density at radius 2 is 1.83 bits per heavy atom. The Labute approximate surface area is 167 Å². The van der Waals surface area contributed by atoms with Gasteiger partial charge in [0.15, 0.2) is 0 Å². The third-order valence-corrected chi connectivity index (χ3v) is 4.32. The van der Waals surface area contributed by atoms with E-state index in [1.54, 1.807) is 25.1 Å². The maximum Gasteiger partial charge on any atom is 0.411 e. The van der Waals surface area contributed by atoms with Crippen LogP contribution in [0.2, 0.25) is 0 Å². The van der Waals surface area contributed by atoms with Gasteiger partial charge in [-0.05, 0) is 44.5 Å². The minimum atomic E-state index is -0.604. The number of esters is 1. The molecule has 0 unspecified atom stereocenters. The first kappa shape index (κ1) is 20.1. The largest absolute Gasteiger partial charge is 0.457 e. The van der Waals surface area contributed by atoms with Crippen LogP contribution < -0.4 is 10.9 Å². The predicted octanol–water partition coefficient (Wildman–Crippen LogP) is 4.34. The number of carbonyl (C=O) groups excluding carboxylic acids is 2. The maximum absolute atomic E-state index is 12.5. The normalized spacial score (nSPS) is 10.6. The molecule has 0 fully saturated rings. The zero-order chi connectivity index (χ0) is 21.0. The van der Waals surface area contributed by atoms with Gasteiger partial charge in [0.25, 0.3) is 0 Å². The van der Waals surface area contributed by atoms with Gasteiger partial charge in [-0.25, -0.2) is 14.4 Å². The fraction of sp³-hybridized carbons (Fsp3) is 0.227. The molecule has 0 saturated carbocycles. The van der Waals surface area contributed by atoms with Crippen LogP contribution >= 0.6 is 0 Å². The van der Waals surface area contributed by atoms with Crippen molar-refractivity contribution in [3.05, 3.63) is 75.1 Å². The van der Waals surface area contributed by atoms with Crippen LogP contribution in [0.25, 0.3) is 11.0 Å². The van der Waals surface area contributed by atoms with Gasteiger partial charge >= 0.3 is 17.7 Å². The lowest BCUT2D eigenvalue weighted by atomic mass is 10.1. The van der Waals surface area contributed by atoms with Crippen molar-refractivity contribution in [3.8, 4) is 0 Å². The Balaban J connectivity index is 1.83. The number of anilines is 1. The van der Waals surface area contributed by atoms with Crippen molar-refractivity contribution in [1.82, 2.24) is 0 Å². The maximum atomic E-state index is 12.5. The molecule has 0 atom stereocenters. The van der Waals surface area contributed by atoms with Crippen LogP contribution in [0.1, 0.15) is 34.0 Å². The number of ether oxygens (including phenoxy) is 2. The molecule has 0 spiro atoms. The third-order valence-electron chi connectivity index (χ3n) is 4.32. The summed E-state index contributed by atoms with van der Waals surface area (Å²) in [4.78, 5) is 36.0. The second-order valence-electron chi connectivity index (χ2n) is 6.54. The molecule has 1 aromatic heterocycles. The predicted molar refractivity (Wildman–Crippen MR) is 108 cm³/mol. The number of hydrogen-bond acceptors (Lipinski definition) is 6. The zero-order valence-electron chi connectivity index (χ0n) is 16.4. The van der Waals surface area contributed by atoms with Crippen LogP contribution in [0.15, 0.2) is 51.7 Å². The summed E-state index contributed by atoms with van der Waals surface area (Å²) in [5.41, 5.74) is 2.87. The first-order valence-electron chi connectivity index (χ1n) is 9.12. The summed E-state index contributed by atoms with van der Waals surface area (Å²) in [7, 11) is 0. The summed E-state index contributed by atoms with van der Waals surface area (Å²) < 4.78 is 15.5. The molecule has 1 amide bonds. The number of nitrogens with one attached hydrogen (secondary N) is 1. The van der Waals surface area contributed by atoms with E-state index in [0.717, 1.165) is 11.1 Å². The van der Waals surface area contributed by atoms with Gasteiger partial charge in [-0.2, -0.15) is 0 Å². The summed E-state index contributed by atoms with van der Waals surface area (Å²) in [5, 5.41) is 3.15. The first-order chi connectivity index (χ1) is 13.9. The summed E-state index contributed by atoms with van der Waals surface area (Å²) in [6, 6.07) is 11.7. The molecule has 3 rings (SSSR count). The number of benzene rings is 2. The molecule has 0 aliphatic carbocycles. The Bertz CT molecular complexity index is 1130. The summed E-state index contributed by atoms with van der Waals surface area (Å²) >= 11 is 0. The van der Waals surface area contributed by atoms with Crippen molar-refractivity contribution in [3.63, 3.8) is 0 Å². The van der Waals surface area contributed by atoms with Gasteiger partial charge in [0.2, 0.25) is 0 Å². The van der Waals surface area contributed by atoms with Crippen LogP contribution in [0.3, 0.4) is 0 Å². The number of rotatable bonds is 5. The van der Waals surface area contributed by atoms with Crippen molar-refractivity contribution >= 4 is 28.7 Å². The topological polar surface area (TPSA) is 94.8 Å². The first-order valence-corrected chi connectivity index (χ1v) is 9.12. The van der Waals surface area contributed by atoms with E-state index in [1.807, 2.05) is 26.0 Å². The van der Waals surface area contributed by atoms with Crippen LogP contribution in [0.4, 0.5) is 10.5 Å². The van der Waals surface area contributed by atoms with Crippen molar-refractivity contribution < 1.29 is 23.5 Å². The number of fused-ring (bicyclic) bond motifs is 1. The lowest BCUT2D eigenvalue weighted by molar-refractivity contribution is 0.0473. The van der Waals surface area contributed by atoms with Crippen molar-refractivity contribution in [2.24, 2.45) is 0 Å². The Kier molecular flexibility index (Phi) is 5.97. The minimum absolute atomic E-state index is 0.0844. The smallest absolute Gasteiger partial charge is 0.411 e. The highest BCUT2D eigenvalue weighted by atomic mass is 16.5. The average molecular weight is 395 g/mol. The highest BCUT2D eigenvalue weighted by molar-refractivity contribution is 5.92. The average Bonchev–Trinajstić information content (AvgIpc) is 2.67. The van der Waals surface area contributed by atoms with Gasteiger partial charge in [0, 0.05) is 28.8 Å². The van der Waals surface area contributed by atoms with Crippen molar-refractivity contribution in [2.45, 2.75) is 27.4 Å². The Morgan fingerprint density at radius 3 is 2.59 bits per heavy atom. The molecular formula is C22H21NO6. The highest BCUT2D eigenvalue weighted by Gasteiger charge is 2.14.